The fourth-order valence-corrected chi connectivity index (χ4v) is 1.57. The van der Waals surface area contributed by atoms with Crippen molar-refractivity contribution in [2.24, 2.45) is 0 Å². The third kappa shape index (κ3) is 2.47. The molecule has 0 saturated heterocycles. The smallest absolute Gasteiger partial charge is 0.159 e. The molecule has 2 rings (SSSR count). The van der Waals surface area contributed by atoms with Gasteiger partial charge in [-0.2, -0.15) is 0 Å². The number of nitrogens with one attached hydrogen (secondary N) is 1. The number of imidazole rings is 1. The van der Waals surface area contributed by atoms with Crippen LogP contribution in [0.15, 0.2) is 16.8 Å². The van der Waals surface area contributed by atoms with Crippen molar-refractivity contribution in [2.45, 2.75) is 52.4 Å². The number of hydrogen-bond donors (Lipinski definition) is 1. The van der Waals surface area contributed by atoms with Gasteiger partial charge in [-0.15, -0.1) is 0 Å². The van der Waals surface area contributed by atoms with E-state index in [0.717, 1.165) is 23.0 Å². The van der Waals surface area contributed by atoms with E-state index >= 15 is 0 Å². The summed E-state index contributed by atoms with van der Waals surface area (Å²) in [6.45, 7) is 12.7. The Labute approximate surface area is 108 Å². The molecule has 2 aromatic heterocycles. The molecule has 0 saturated carbocycles. The summed E-state index contributed by atoms with van der Waals surface area (Å²) in [6.07, 6.45) is 1.86. The van der Waals surface area contributed by atoms with Crippen molar-refractivity contribution in [2.75, 3.05) is 0 Å². The summed E-state index contributed by atoms with van der Waals surface area (Å²) in [6, 6.07) is 1.95. The van der Waals surface area contributed by atoms with E-state index in [1.165, 1.54) is 0 Å². The van der Waals surface area contributed by atoms with E-state index in [2.05, 4.69) is 56.7 Å². The summed E-state index contributed by atoms with van der Waals surface area (Å²) >= 11 is 0. The van der Waals surface area contributed by atoms with Gasteiger partial charge in [0.25, 0.3) is 0 Å². The highest BCUT2D eigenvalue weighted by Crippen LogP contribution is 2.27. The van der Waals surface area contributed by atoms with Gasteiger partial charge >= 0.3 is 0 Å². The molecular formula is C14H21N3O. The highest BCUT2D eigenvalue weighted by molar-refractivity contribution is 5.50. The molecule has 0 fully saturated rings. The molecule has 0 bridgehead atoms. The highest BCUT2D eigenvalue weighted by atomic mass is 16.5. The lowest BCUT2D eigenvalue weighted by molar-refractivity contribution is 0.330. The van der Waals surface area contributed by atoms with Crippen LogP contribution in [0.1, 0.15) is 53.0 Å². The molecule has 98 valence electrons. The summed E-state index contributed by atoms with van der Waals surface area (Å²) in [5.74, 6) is 1.63. The normalized spacial score (nSPS) is 13.0. The molecule has 0 aliphatic heterocycles. The van der Waals surface area contributed by atoms with Gasteiger partial charge in [0, 0.05) is 28.8 Å². The van der Waals surface area contributed by atoms with E-state index in [9.17, 15) is 0 Å². The number of H-pyrrole nitrogens is 1. The van der Waals surface area contributed by atoms with Gasteiger partial charge in [0.05, 0.1) is 0 Å². The first-order valence-corrected chi connectivity index (χ1v) is 6.21. The second kappa shape index (κ2) is 3.97. The second-order valence-electron chi connectivity index (χ2n) is 6.72. The fourth-order valence-electron chi connectivity index (χ4n) is 1.57. The van der Waals surface area contributed by atoms with Crippen LogP contribution < -0.4 is 0 Å². The Morgan fingerprint density at radius 3 is 2.17 bits per heavy atom. The molecule has 0 aliphatic carbocycles. The van der Waals surface area contributed by atoms with E-state index < -0.39 is 0 Å². The predicted octanol–water partition coefficient (Wildman–Crippen LogP) is 3.66. The quantitative estimate of drug-likeness (QED) is 0.836. The summed E-state index contributed by atoms with van der Waals surface area (Å²) < 4.78 is 5.37. The van der Waals surface area contributed by atoms with Gasteiger partial charge in [-0.3, -0.25) is 0 Å². The third-order valence-corrected chi connectivity index (χ3v) is 2.88. The first kappa shape index (κ1) is 12.9. The number of aromatic nitrogens is 3. The second-order valence-corrected chi connectivity index (χ2v) is 6.72. The molecule has 0 amide bonds. The lowest BCUT2D eigenvalue weighted by Crippen LogP contribution is -2.11. The summed E-state index contributed by atoms with van der Waals surface area (Å²) in [5, 5.41) is 4.08. The minimum Gasteiger partial charge on any atom is -0.360 e. The minimum atomic E-state index is -0.0370. The Morgan fingerprint density at radius 2 is 1.72 bits per heavy atom. The van der Waals surface area contributed by atoms with Crippen molar-refractivity contribution in [1.82, 2.24) is 15.1 Å². The Balaban J connectivity index is 2.33. The third-order valence-electron chi connectivity index (χ3n) is 2.88. The molecule has 2 aromatic rings. The van der Waals surface area contributed by atoms with Gasteiger partial charge < -0.3 is 9.51 Å². The molecule has 18 heavy (non-hydrogen) atoms. The molecule has 0 aromatic carbocycles. The maximum atomic E-state index is 5.37. The van der Waals surface area contributed by atoms with Gasteiger partial charge in [0.1, 0.15) is 11.5 Å². The van der Waals surface area contributed by atoms with E-state index in [1.54, 1.807) is 0 Å². The summed E-state index contributed by atoms with van der Waals surface area (Å²) in [4.78, 5) is 7.67. The Morgan fingerprint density at radius 1 is 1.06 bits per heavy atom. The molecule has 2 heterocycles. The van der Waals surface area contributed by atoms with Crippen LogP contribution in [0.4, 0.5) is 0 Å². The summed E-state index contributed by atoms with van der Waals surface area (Å²) in [7, 11) is 0. The molecule has 0 radical (unpaired) electrons. The van der Waals surface area contributed by atoms with Crippen LogP contribution in [0.2, 0.25) is 0 Å². The Kier molecular flexibility index (Phi) is 2.84. The minimum absolute atomic E-state index is 0.0370. The average molecular weight is 247 g/mol. The van der Waals surface area contributed by atoms with E-state index in [-0.39, 0.29) is 10.8 Å². The van der Waals surface area contributed by atoms with E-state index in [0.29, 0.717) is 0 Å². The average Bonchev–Trinajstić information content (AvgIpc) is 2.84. The van der Waals surface area contributed by atoms with E-state index in [4.69, 9.17) is 4.52 Å². The van der Waals surface area contributed by atoms with Gasteiger partial charge in [-0.1, -0.05) is 46.7 Å². The summed E-state index contributed by atoms with van der Waals surface area (Å²) in [5.41, 5.74) is 1.88. The highest BCUT2D eigenvalue weighted by Gasteiger charge is 2.22. The van der Waals surface area contributed by atoms with Crippen molar-refractivity contribution in [3.05, 3.63) is 23.7 Å². The molecule has 0 unspecified atom stereocenters. The van der Waals surface area contributed by atoms with Crippen LogP contribution in [0.5, 0.6) is 0 Å². The van der Waals surface area contributed by atoms with Crippen LogP contribution in [-0.4, -0.2) is 15.1 Å². The maximum Gasteiger partial charge on any atom is 0.159 e. The molecular weight excluding hydrogens is 226 g/mol. The predicted molar refractivity (Wildman–Crippen MR) is 71.5 cm³/mol. The van der Waals surface area contributed by atoms with Gasteiger partial charge in [-0.05, 0) is 0 Å². The molecule has 1 N–H and O–H groups in total. The van der Waals surface area contributed by atoms with Crippen LogP contribution >= 0.6 is 0 Å². The molecule has 0 aliphatic rings. The van der Waals surface area contributed by atoms with Crippen molar-refractivity contribution in [3.63, 3.8) is 0 Å². The van der Waals surface area contributed by atoms with Crippen molar-refractivity contribution < 1.29 is 4.52 Å². The standard InChI is InChI=1S/C14H21N3O/c1-13(2,3)10-8-15-12(16-10)9-7-11(18-17-9)14(4,5)6/h7-8H,1-6H3,(H,15,16). The topological polar surface area (TPSA) is 54.7 Å². The largest absolute Gasteiger partial charge is 0.360 e. The SMILES string of the molecule is CC(C)(C)c1cnc(-c2cc(C(C)(C)C)on2)[nH]1. The monoisotopic (exact) mass is 247 g/mol. The van der Waals surface area contributed by atoms with Crippen molar-refractivity contribution in [1.29, 1.82) is 0 Å². The lowest BCUT2D eigenvalue weighted by atomic mass is 9.93. The zero-order valence-corrected chi connectivity index (χ0v) is 12.0. The van der Waals surface area contributed by atoms with Crippen LogP contribution in [0, 0.1) is 0 Å². The first-order chi connectivity index (χ1) is 8.18. The number of rotatable bonds is 1. The molecule has 0 spiro atoms. The van der Waals surface area contributed by atoms with Crippen LogP contribution in [-0.2, 0) is 10.8 Å². The van der Waals surface area contributed by atoms with Crippen LogP contribution in [0.25, 0.3) is 11.5 Å². The maximum absolute atomic E-state index is 5.37. The number of hydrogen-bond acceptors (Lipinski definition) is 3. The first-order valence-electron chi connectivity index (χ1n) is 6.21. The van der Waals surface area contributed by atoms with Gasteiger partial charge in [0.15, 0.2) is 5.82 Å². The molecule has 4 nitrogen and oxygen atoms in total. The molecule has 4 heteroatoms. The molecule has 0 atom stereocenters. The Hall–Kier alpha value is -1.58. The Bertz CT molecular complexity index is 488. The van der Waals surface area contributed by atoms with Crippen molar-refractivity contribution >= 4 is 0 Å². The van der Waals surface area contributed by atoms with Gasteiger partial charge in [-0.25, -0.2) is 4.98 Å². The van der Waals surface area contributed by atoms with Crippen molar-refractivity contribution in [3.8, 4) is 11.5 Å². The van der Waals surface area contributed by atoms with E-state index in [1.807, 2.05) is 12.3 Å². The van der Waals surface area contributed by atoms with Crippen LogP contribution in [0.3, 0.4) is 0 Å². The fraction of sp³-hybridized carbons (Fsp3) is 0.571. The lowest BCUT2D eigenvalue weighted by Gasteiger charge is -2.14. The number of aromatic amines is 1. The number of nitrogens with zero attached hydrogens (tertiary/aromatic N) is 2. The zero-order chi connectivity index (χ0) is 13.6. The van der Waals surface area contributed by atoms with Gasteiger partial charge in [0.2, 0.25) is 0 Å². The zero-order valence-electron chi connectivity index (χ0n) is 12.0.